The molecular weight excluding hydrogens is 400 g/mol. The van der Waals surface area contributed by atoms with Crippen molar-refractivity contribution in [2.24, 2.45) is 0 Å². The fraction of sp³-hybridized carbons (Fsp3) is 0.286. The third-order valence-corrected chi connectivity index (χ3v) is 5.60. The van der Waals surface area contributed by atoms with E-state index < -0.39 is 29.7 Å². The molecule has 0 fully saturated rings. The van der Waals surface area contributed by atoms with E-state index in [1.165, 1.54) is 10.6 Å². The summed E-state index contributed by atoms with van der Waals surface area (Å²) < 4.78 is 42.3. The van der Waals surface area contributed by atoms with Gasteiger partial charge in [-0.3, -0.25) is 14.2 Å². The quantitative estimate of drug-likeness (QED) is 0.496. The highest BCUT2D eigenvalue weighted by atomic mass is 31.2. The normalized spacial score (nSPS) is 12.4. The van der Waals surface area contributed by atoms with Crippen LogP contribution in [-0.4, -0.2) is 29.2 Å². The topological polar surface area (TPSA) is 54.9 Å². The van der Waals surface area contributed by atoms with Crippen LogP contribution in [0.25, 0.3) is 11.0 Å². The Labute approximate surface area is 166 Å². The number of hydrogen-bond acceptors (Lipinski definition) is 2. The Morgan fingerprint density at radius 3 is 2.31 bits per heavy atom. The highest BCUT2D eigenvalue weighted by molar-refractivity contribution is 7.71. The number of aryl methyl sites for hydroxylation is 2. The number of aromatic amines is 1. The van der Waals surface area contributed by atoms with Gasteiger partial charge in [0.1, 0.15) is 0 Å². The van der Waals surface area contributed by atoms with Crippen LogP contribution in [0, 0.1) is 0 Å². The Hall–Kier alpha value is -2.53. The van der Waals surface area contributed by atoms with E-state index in [0.29, 0.717) is 11.9 Å². The van der Waals surface area contributed by atoms with E-state index in [9.17, 15) is 22.8 Å². The van der Waals surface area contributed by atoms with Gasteiger partial charge in [-0.05, 0) is 49.4 Å². The van der Waals surface area contributed by atoms with Gasteiger partial charge in [0.2, 0.25) is 0 Å². The molecule has 0 amide bonds. The number of benzene rings is 2. The van der Waals surface area contributed by atoms with E-state index in [2.05, 4.69) is 11.3 Å². The maximum Gasteiger partial charge on any atom is 0.416 e. The largest absolute Gasteiger partial charge is 0.416 e. The van der Waals surface area contributed by atoms with Gasteiger partial charge in [-0.15, -0.1) is 0 Å². The average molecular weight is 422 g/mol. The van der Waals surface area contributed by atoms with Crippen LogP contribution in [0.5, 0.6) is 0 Å². The molecule has 2 aromatic carbocycles. The Bertz CT molecular complexity index is 1200. The minimum atomic E-state index is -4.57. The van der Waals surface area contributed by atoms with E-state index in [0.717, 1.165) is 11.6 Å². The van der Waals surface area contributed by atoms with Gasteiger partial charge in [-0.1, -0.05) is 43.5 Å². The minimum Gasteiger partial charge on any atom is -0.316 e. The molecular formula is C21H22F3N2O2P. The van der Waals surface area contributed by atoms with Crippen LogP contribution in [0.15, 0.2) is 52.1 Å². The first-order valence-electron chi connectivity index (χ1n) is 9.04. The number of hydrogen-bond donors (Lipinski definition) is 1. The first-order valence-corrected chi connectivity index (χ1v) is 12.1. The molecule has 154 valence electrons. The predicted octanol–water partition coefficient (Wildman–Crippen LogP) is 4.16. The number of fused-ring (bicyclic) bond motifs is 1. The molecule has 0 aliphatic rings. The number of nitrogens with zero attached hydrogens (tertiary/aromatic N) is 1. The van der Waals surface area contributed by atoms with Gasteiger partial charge < -0.3 is 4.98 Å². The summed E-state index contributed by atoms with van der Waals surface area (Å²) in [6, 6.07) is 11.6. The van der Waals surface area contributed by atoms with Crippen molar-refractivity contribution in [3.05, 3.63) is 79.9 Å². The highest BCUT2D eigenvalue weighted by Crippen LogP contribution is 2.38. The molecule has 0 saturated heterocycles. The Morgan fingerprint density at radius 1 is 1.07 bits per heavy atom. The molecule has 1 aromatic heterocycles. The number of nitrogens with one attached hydrogen (secondary N) is 1. The van der Waals surface area contributed by atoms with E-state index in [4.69, 9.17) is 0 Å². The zero-order chi connectivity index (χ0) is 21.4. The van der Waals surface area contributed by atoms with Crippen molar-refractivity contribution < 1.29 is 13.2 Å². The molecule has 0 aliphatic heterocycles. The summed E-state index contributed by atoms with van der Waals surface area (Å²) in [5, 5.41) is 0. The maximum atomic E-state index is 13.7. The summed E-state index contributed by atoms with van der Waals surface area (Å²) in [5.41, 5.74) is -1.20. The van der Waals surface area contributed by atoms with Crippen LogP contribution in [0.1, 0.15) is 16.7 Å². The average Bonchev–Trinajstić information content (AvgIpc) is 2.62. The van der Waals surface area contributed by atoms with Gasteiger partial charge in [0.05, 0.1) is 16.6 Å². The SMILES string of the molecule is C=P(C)(C)Cn1c(=O)c(=O)[nH]c2cc(C(F)(F)F)c(CCc3ccccc3)cc21. The van der Waals surface area contributed by atoms with E-state index >= 15 is 0 Å². The van der Waals surface area contributed by atoms with E-state index in [1.807, 2.05) is 43.7 Å². The summed E-state index contributed by atoms with van der Waals surface area (Å²) in [4.78, 5) is 26.7. The maximum absolute atomic E-state index is 13.7. The first kappa shape index (κ1) is 21.2. The van der Waals surface area contributed by atoms with E-state index in [-0.39, 0.29) is 23.8 Å². The number of alkyl halides is 3. The van der Waals surface area contributed by atoms with Crippen molar-refractivity contribution >= 4 is 24.2 Å². The van der Waals surface area contributed by atoms with Gasteiger partial charge >= 0.3 is 17.3 Å². The molecule has 0 aliphatic carbocycles. The molecule has 29 heavy (non-hydrogen) atoms. The second-order valence-corrected chi connectivity index (χ2v) is 11.9. The summed E-state index contributed by atoms with van der Waals surface area (Å²) in [6.07, 6.45) is 0.288. The summed E-state index contributed by atoms with van der Waals surface area (Å²) in [5.74, 6) is 0. The van der Waals surface area contributed by atoms with Crippen LogP contribution in [0.2, 0.25) is 0 Å². The number of halogens is 3. The van der Waals surface area contributed by atoms with Crippen LogP contribution in [-0.2, 0) is 25.3 Å². The summed E-state index contributed by atoms with van der Waals surface area (Å²) in [7, 11) is 0. The van der Waals surface area contributed by atoms with Crippen LogP contribution < -0.4 is 11.1 Å². The Balaban J connectivity index is 2.21. The number of rotatable bonds is 5. The molecule has 4 nitrogen and oxygen atoms in total. The highest BCUT2D eigenvalue weighted by Gasteiger charge is 2.34. The molecule has 1 heterocycles. The van der Waals surface area contributed by atoms with Crippen molar-refractivity contribution in [1.82, 2.24) is 9.55 Å². The molecule has 8 heteroatoms. The fourth-order valence-electron chi connectivity index (χ4n) is 3.28. The summed E-state index contributed by atoms with van der Waals surface area (Å²) >= 11 is 0. The molecule has 0 radical (unpaired) electrons. The molecule has 0 unspecified atom stereocenters. The van der Waals surface area contributed by atoms with Crippen molar-refractivity contribution in [2.45, 2.75) is 25.3 Å². The molecule has 3 rings (SSSR count). The van der Waals surface area contributed by atoms with Crippen LogP contribution in [0.3, 0.4) is 0 Å². The zero-order valence-corrected chi connectivity index (χ0v) is 17.1. The molecule has 0 atom stereocenters. The fourth-order valence-corrected chi connectivity index (χ4v) is 4.33. The van der Waals surface area contributed by atoms with Gasteiger partial charge in [0.15, 0.2) is 0 Å². The number of H-pyrrole nitrogens is 1. The van der Waals surface area contributed by atoms with Crippen molar-refractivity contribution in [3.8, 4) is 0 Å². The lowest BCUT2D eigenvalue weighted by atomic mass is 9.98. The van der Waals surface area contributed by atoms with Crippen molar-refractivity contribution in [1.29, 1.82) is 0 Å². The molecule has 0 spiro atoms. The molecule has 3 aromatic rings. The van der Waals surface area contributed by atoms with Crippen LogP contribution >= 0.6 is 6.89 Å². The lowest BCUT2D eigenvalue weighted by Gasteiger charge is -2.19. The second kappa shape index (κ2) is 7.71. The van der Waals surface area contributed by atoms with Gasteiger partial charge in [0, 0.05) is 6.29 Å². The molecule has 1 N–H and O–H groups in total. The number of aromatic nitrogens is 2. The zero-order valence-electron chi connectivity index (χ0n) is 16.2. The van der Waals surface area contributed by atoms with Gasteiger partial charge in [-0.25, -0.2) is 0 Å². The second-order valence-electron chi connectivity index (χ2n) is 7.77. The lowest BCUT2D eigenvalue weighted by Crippen LogP contribution is -2.36. The Kier molecular flexibility index (Phi) is 5.63. The van der Waals surface area contributed by atoms with Crippen molar-refractivity contribution in [2.75, 3.05) is 13.3 Å². The smallest absolute Gasteiger partial charge is 0.316 e. The predicted molar refractivity (Wildman–Crippen MR) is 114 cm³/mol. The first-order chi connectivity index (χ1) is 13.5. The monoisotopic (exact) mass is 422 g/mol. The van der Waals surface area contributed by atoms with E-state index in [1.54, 1.807) is 0 Å². The molecule has 0 bridgehead atoms. The third kappa shape index (κ3) is 4.91. The van der Waals surface area contributed by atoms with Gasteiger partial charge in [0.25, 0.3) is 0 Å². The van der Waals surface area contributed by atoms with Crippen molar-refractivity contribution in [3.63, 3.8) is 0 Å². The standard InChI is InChI=1S/C21H22F3N2O2P/c1-29(2,3)13-26-18-11-15(10-9-14-7-5-4-6-8-14)16(21(22,23)24)12-17(18)25-19(27)20(26)28/h4-8,11-12H,1,9-10,13H2,2-3H3,(H,25,27). The van der Waals surface area contributed by atoms with Crippen LogP contribution in [0.4, 0.5) is 13.2 Å². The summed E-state index contributed by atoms with van der Waals surface area (Å²) in [6.45, 7) is 2.02. The minimum absolute atomic E-state index is 0.00108. The molecule has 0 saturated carbocycles. The third-order valence-electron chi connectivity index (χ3n) is 4.56. The lowest BCUT2D eigenvalue weighted by molar-refractivity contribution is -0.138. The Morgan fingerprint density at radius 2 is 1.72 bits per heavy atom. The van der Waals surface area contributed by atoms with Gasteiger partial charge in [-0.2, -0.15) is 13.2 Å².